The van der Waals surface area contributed by atoms with E-state index in [2.05, 4.69) is 6.58 Å². The van der Waals surface area contributed by atoms with Crippen LogP contribution in [0, 0.1) is 0 Å². The first-order valence-corrected chi connectivity index (χ1v) is 8.57. The molecule has 0 amide bonds. The molecule has 116 valence electrons. The van der Waals surface area contributed by atoms with Crippen LogP contribution >= 0.6 is 11.3 Å². The number of thiophene rings is 1. The summed E-state index contributed by atoms with van der Waals surface area (Å²) in [6, 6.07) is 22.2. The largest absolute Gasteiger partial charge is 0.150 e. The lowest BCUT2D eigenvalue weighted by Gasteiger charge is -2.04. The minimum absolute atomic E-state index is 0.804. The van der Waals surface area contributed by atoms with Gasteiger partial charge in [0.05, 0.1) is 5.69 Å². The van der Waals surface area contributed by atoms with E-state index < -0.39 is 0 Å². The molecule has 0 saturated heterocycles. The van der Waals surface area contributed by atoms with Crippen molar-refractivity contribution >= 4 is 16.9 Å². The quantitative estimate of drug-likeness (QED) is 0.524. The highest BCUT2D eigenvalue weighted by molar-refractivity contribution is 7.08. The van der Waals surface area contributed by atoms with Crippen molar-refractivity contribution in [1.82, 2.24) is 15.0 Å². The Morgan fingerprint density at radius 2 is 1.58 bits per heavy atom. The second kappa shape index (κ2) is 6.26. The normalized spacial score (nSPS) is 10.7. The van der Waals surface area contributed by atoms with Crippen LogP contribution in [0.15, 0.2) is 84.1 Å². The molecular weight excluding hydrogens is 314 g/mol. The SMILES string of the molecule is C=C(c1ccccc1)c1nn(-c2ccsc2)nc1-c1ccccc1. The molecule has 0 fully saturated rings. The first kappa shape index (κ1) is 14.6. The van der Waals surface area contributed by atoms with E-state index in [1.807, 2.05) is 77.5 Å². The molecule has 0 aliphatic heterocycles. The van der Waals surface area contributed by atoms with E-state index in [-0.39, 0.29) is 0 Å². The van der Waals surface area contributed by atoms with Gasteiger partial charge in [-0.05, 0) is 17.0 Å². The predicted molar refractivity (Wildman–Crippen MR) is 99.3 cm³/mol. The van der Waals surface area contributed by atoms with Crippen molar-refractivity contribution in [2.24, 2.45) is 0 Å². The molecule has 24 heavy (non-hydrogen) atoms. The minimum atomic E-state index is 0.804. The molecule has 3 nitrogen and oxygen atoms in total. The van der Waals surface area contributed by atoms with E-state index in [4.69, 9.17) is 10.2 Å². The molecule has 2 aromatic carbocycles. The van der Waals surface area contributed by atoms with E-state index in [9.17, 15) is 0 Å². The Balaban J connectivity index is 1.87. The fourth-order valence-corrected chi connectivity index (χ4v) is 3.17. The van der Waals surface area contributed by atoms with Crippen molar-refractivity contribution in [3.8, 4) is 16.9 Å². The van der Waals surface area contributed by atoms with Crippen molar-refractivity contribution in [2.45, 2.75) is 0 Å². The highest BCUT2D eigenvalue weighted by Gasteiger charge is 2.17. The molecule has 4 rings (SSSR count). The van der Waals surface area contributed by atoms with Crippen molar-refractivity contribution in [3.63, 3.8) is 0 Å². The molecule has 0 unspecified atom stereocenters. The zero-order valence-electron chi connectivity index (χ0n) is 13.0. The summed E-state index contributed by atoms with van der Waals surface area (Å²) in [5.41, 5.74) is 5.56. The highest BCUT2D eigenvalue weighted by Crippen LogP contribution is 2.29. The fourth-order valence-electron chi connectivity index (χ4n) is 2.56. The third-order valence-electron chi connectivity index (χ3n) is 3.81. The first-order valence-electron chi connectivity index (χ1n) is 7.63. The van der Waals surface area contributed by atoms with Crippen molar-refractivity contribution in [2.75, 3.05) is 0 Å². The zero-order chi connectivity index (χ0) is 16.4. The number of aromatic nitrogens is 3. The maximum atomic E-state index is 4.72. The van der Waals surface area contributed by atoms with Gasteiger partial charge in [-0.2, -0.15) is 11.3 Å². The van der Waals surface area contributed by atoms with Gasteiger partial charge >= 0.3 is 0 Å². The standard InChI is InChI=1S/C20H15N3S/c1-15(16-8-4-2-5-9-16)19-20(17-10-6-3-7-11-17)22-23(21-19)18-12-13-24-14-18/h2-14H,1H2. The molecule has 0 bridgehead atoms. The molecule has 2 aromatic heterocycles. The Morgan fingerprint density at radius 3 is 2.25 bits per heavy atom. The number of benzene rings is 2. The predicted octanol–water partition coefficient (Wildman–Crippen LogP) is 5.06. The van der Waals surface area contributed by atoms with Crippen LogP contribution in [0.2, 0.25) is 0 Å². The summed E-state index contributed by atoms with van der Waals surface area (Å²) < 4.78 is 0. The van der Waals surface area contributed by atoms with Gasteiger partial charge in [-0.3, -0.25) is 0 Å². The smallest absolute Gasteiger partial charge is 0.121 e. The van der Waals surface area contributed by atoms with E-state index in [1.54, 1.807) is 16.1 Å². The Labute approximate surface area is 144 Å². The summed E-state index contributed by atoms with van der Waals surface area (Å²) in [5, 5.41) is 13.5. The monoisotopic (exact) mass is 329 g/mol. The molecular formula is C20H15N3S. The average Bonchev–Trinajstić information content (AvgIpc) is 3.32. The van der Waals surface area contributed by atoms with Crippen LogP contribution < -0.4 is 0 Å². The Morgan fingerprint density at radius 1 is 0.875 bits per heavy atom. The Hall–Kier alpha value is -2.98. The molecule has 4 aromatic rings. The van der Waals surface area contributed by atoms with Gasteiger partial charge in [-0.1, -0.05) is 67.2 Å². The van der Waals surface area contributed by atoms with Gasteiger partial charge in [0.2, 0.25) is 0 Å². The van der Waals surface area contributed by atoms with Gasteiger partial charge in [0.25, 0.3) is 0 Å². The molecule has 0 saturated carbocycles. The molecule has 0 spiro atoms. The van der Waals surface area contributed by atoms with Crippen LogP contribution in [0.4, 0.5) is 0 Å². The topological polar surface area (TPSA) is 30.7 Å². The Kier molecular flexibility index (Phi) is 3.81. The van der Waals surface area contributed by atoms with Crippen LogP contribution in [0.5, 0.6) is 0 Å². The third-order valence-corrected chi connectivity index (χ3v) is 4.48. The average molecular weight is 329 g/mol. The molecule has 4 heteroatoms. The summed E-state index contributed by atoms with van der Waals surface area (Å²) in [6.07, 6.45) is 0. The Bertz CT molecular complexity index is 955. The molecule has 0 N–H and O–H groups in total. The summed E-state index contributed by atoms with van der Waals surface area (Å²) in [5.74, 6) is 0. The van der Waals surface area contributed by atoms with Gasteiger partial charge in [0, 0.05) is 16.5 Å². The van der Waals surface area contributed by atoms with Crippen molar-refractivity contribution in [1.29, 1.82) is 0 Å². The maximum absolute atomic E-state index is 4.72. The molecule has 0 radical (unpaired) electrons. The van der Waals surface area contributed by atoms with Gasteiger partial charge in [-0.15, -0.1) is 15.0 Å². The maximum Gasteiger partial charge on any atom is 0.121 e. The van der Waals surface area contributed by atoms with Gasteiger partial charge in [0.1, 0.15) is 11.4 Å². The van der Waals surface area contributed by atoms with E-state index >= 15 is 0 Å². The number of nitrogens with zero attached hydrogens (tertiary/aromatic N) is 3. The summed E-state index contributed by atoms with van der Waals surface area (Å²) in [4.78, 5) is 1.68. The zero-order valence-corrected chi connectivity index (χ0v) is 13.8. The molecule has 0 atom stereocenters. The second-order valence-electron chi connectivity index (χ2n) is 5.38. The highest BCUT2D eigenvalue weighted by atomic mass is 32.1. The molecule has 0 aliphatic carbocycles. The second-order valence-corrected chi connectivity index (χ2v) is 6.16. The summed E-state index contributed by atoms with van der Waals surface area (Å²) in [7, 11) is 0. The van der Waals surface area contributed by atoms with Crippen LogP contribution in [0.3, 0.4) is 0 Å². The van der Waals surface area contributed by atoms with Gasteiger partial charge < -0.3 is 0 Å². The molecule has 2 heterocycles. The van der Waals surface area contributed by atoms with Crippen LogP contribution in [0.25, 0.3) is 22.5 Å². The van der Waals surface area contributed by atoms with Crippen LogP contribution in [-0.4, -0.2) is 15.0 Å². The lowest BCUT2D eigenvalue weighted by atomic mass is 10.0. The van der Waals surface area contributed by atoms with E-state index in [1.165, 1.54) is 0 Å². The number of rotatable bonds is 4. The first-order chi connectivity index (χ1) is 11.8. The summed E-state index contributed by atoms with van der Waals surface area (Å²) in [6.45, 7) is 4.26. The number of hydrogen-bond acceptors (Lipinski definition) is 3. The summed E-state index contributed by atoms with van der Waals surface area (Å²) >= 11 is 1.63. The van der Waals surface area contributed by atoms with Crippen LogP contribution in [-0.2, 0) is 0 Å². The lowest BCUT2D eigenvalue weighted by Crippen LogP contribution is -1.97. The van der Waals surface area contributed by atoms with Crippen LogP contribution in [0.1, 0.15) is 11.3 Å². The van der Waals surface area contributed by atoms with Gasteiger partial charge in [-0.25, -0.2) is 0 Å². The lowest BCUT2D eigenvalue weighted by molar-refractivity contribution is 0.754. The van der Waals surface area contributed by atoms with Crippen molar-refractivity contribution < 1.29 is 0 Å². The van der Waals surface area contributed by atoms with Crippen molar-refractivity contribution in [3.05, 3.63) is 95.3 Å². The van der Waals surface area contributed by atoms with Gasteiger partial charge in [0.15, 0.2) is 0 Å². The minimum Gasteiger partial charge on any atom is -0.150 e. The number of hydrogen-bond donors (Lipinski definition) is 0. The fraction of sp³-hybridized carbons (Fsp3) is 0. The molecule has 0 aliphatic rings. The van der Waals surface area contributed by atoms with E-state index in [0.29, 0.717) is 0 Å². The van der Waals surface area contributed by atoms with E-state index in [0.717, 1.165) is 33.8 Å². The third kappa shape index (κ3) is 2.68.